The number of carbonyl (C=O) groups is 1. The van der Waals surface area contributed by atoms with Crippen molar-refractivity contribution in [2.45, 2.75) is 61.0 Å². The number of nitrogens with one attached hydrogen (secondary N) is 1. The van der Waals surface area contributed by atoms with Crippen LogP contribution in [-0.4, -0.2) is 43.3 Å². The van der Waals surface area contributed by atoms with E-state index in [2.05, 4.69) is 17.3 Å². The maximum atomic E-state index is 13.8. The number of halogens is 3. The molecular formula is C25H29F3N2O2S. The Morgan fingerprint density at radius 1 is 1.21 bits per heavy atom. The van der Waals surface area contributed by atoms with Crippen molar-refractivity contribution >= 4 is 17.7 Å². The fourth-order valence-electron chi connectivity index (χ4n) is 5.60. The summed E-state index contributed by atoms with van der Waals surface area (Å²) in [4.78, 5) is 16.5. The summed E-state index contributed by atoms with van der Waals surface area (Å²) in [5.74, 6) is -0.359. The molecule has 4 nitrogen and oxygen atoms in total. The second-order valence-corrected chi connectivity index (χ2v) is 9.73. The van der Waals surface area contributed by atoms with Crippen molar-refractivity contribution in [3.05, 3.63) is 64.7 Å². The molecule has 8 heteroatoms. The molecule has 0 unspecified atom stereocenters. The van der Waals surface area contributed by atoms with Gasteiger partial charge in [0.25, 0.3) is 5.91 Å². The summed E-state index contributed by atoms with van der Waals surface area (Å²) in [6, 6.07) is 12.7. The highest BCUT2D eigenvalue weighted by Crippen LogP contribution is 2.46. The average molecular weight is 479 g/mol. The Morgan fingerprint density at radius 3 is 2.58 bits per heavy atom. The zero-order chi connectivity index (χ0) is 23.8. The number of alkyl halides is 3. The van der Waals surface area contributed by atoms with Crippen LogP contribution in [0.4, 0.5) is 13.2 Å². The van der Waals surface area contributed by atoms with Crippen LogP contribution in [0.25, 0.3) is 0 Å². The molecule has 4 rings (SSSR count). The number of methoxy groups -OCH3 is 1. The monoisotopic (exact) mass is 478 g/mol. The highest BCUT2D eigenvalue weighted by Gasteiger charge is 2.52. The van der Waals surface area contributed by atoms with E-state index in [-0.39, 0.29) is 29.7 Å². The Labute approximate surface area is 196 Å². The lowest BCUT2D eigenvalue weighted by Gasteiger charge is -2.48. The number of fused-ring (bicyclic) bond motifs is 2. The second-order valence-electron chi connectivity index (χ2n) is 8.89. The molecule has 2 aromatic carbocycles. The first kappa shape index (κ1) is 24.1. The standard InChI is InChI=1S/C25H29F3N2O2S/c1-30-19-9-10-21(30)24(12-11-19,17-7-5-4-6-8-17)29-23(31)22-16(15-32-2)13-18(25(26,27)28)14-20(22)33-3/h4-8,13-14,19,21H,9-12,15H2,1-3H3,(H,29,31)/t19-,21+,24+/m0/s1. The molecule has 0 aromatic heterocycles. The van der Waals surface area contributed by atoms with E-state index in [1.807, 2.05) is 30.3 Å². The van der Waals surface area contributed by atoms with Crippen molar-refractivity contribution in [3.8, 4) is 0 Å². The summed E-state index contributed by atoms with van der Waals surface area (Å²) in [6.07, 6.45) is 0.970. The Kier molecular flexibility index (Phi) is 6.80. The summed E-state index contributed by atoms with van der Waals surface area (Å²) in [5, 5.41) is 3.32. The van der Waals surface area contributed by atoms with Crippen LogP contribution in [0.5, 0.6) is 0 Å². The maximum Gasteiger partial charge on any atom is 0.416 e. The van der Waals surface area contributed by atoms with Gasteiger partial charge in [0.05, 0.1) is 23.3 Å². The third kappa shape index (κ3) is 4.40. The third-order valence-corrected chi connectivity index (χ3v) is 7.93. The van der Waals surface area contributed by atoms with Gasteiger partial charge in [-0.3, -0.25) is 9.69 Å². The minimum absolute atomic E-state index is 0.0794. The zero-order valence-electron chi connectivity index (χ0n) is 19.0. The Bertz CT molecular complexity index is 1010. The van der Waals surface area contributed by atoms with Crippen molar-refractivity contribution in [1.29, 1.82) is 0 Å². The molecule has 33 heavy (non-hydrogen) atoms. The predicted molar refractivity (Wildman–Crippen MR) is 123 cm³/mol. The number of rotatable bonds is 6. The van der Waals surface area contributed by atoms with Crippen LogP contribution in [-0.2, 0) is 23.1 Å². The van der Waals surface area contributed by atoms with Crippen molar-refractivity contribution in [2.24, 2.45) is 0 Å². The molecule has 0 aliphatic carbocycles. The Hall–Kier alpha value is -2.03. The molecule has 2 aliphatic rings. The second kappa shape index (κ2) is 9.31. The van der Waals surface area contributed by atoms with Crippen LogP contribution in [0.15, 0.2) is 47.4 Å². The van der Waals surface area contributed by atoms with Crippen LogP contribution in [0.2, 0.25) is 0 Å². The molecule has 1 amide bonds. The van der Waals surface area contributed by atoms with E-state index in [1.54, 1.807) is 6.26 Å². The van der Waals surface area contributed by atoms with Gasteiger partial charge in [-0.2, -0.15) is 13.2 Å². The molecule has 0 saturated carbocycles. The van der Waals surface area contributed by atoms with Crippen LogP contribution in [0, 0.1) is 0 Å². The van der Waals surface area contributed by atoms with Gasteiger partial charge in [0.1, 0.15) is 0 Å². The molecule has 178 valence electrons. The number of ether oxygens (including phenoxy) is 1. The van der Waals surface area contributed by atoms with Crippen LogP contribution in [0.1, 0.15) is 52.7 Å². The number of carbonyl (C=O) groups excluding carboxylic acids is 1. The van der Waals surface area contributed by atoms with E-state index in [9.17, 15) is 18.0 Å². The first-order chi connectivity index (χ1) is 15.7. The first-order valence-corrected chi connectivity index (χ1v) is 12.3. The molecule has 2 saturated heterocycles. The summed E-state index contributed by atoms with van der Waals surface area (Å²) in [7, 11) is 3.52. The molecule has 1 N–H and O–H groups in total. The fourth-order valence-corrected chi connectivity index (χ4v) is 6.27. The van der Waals surface area contributed by atoms with Crippen LogP contribution >= 0.6 is 11.8 Å². The van der Waals surface area contributed by atoms with E-state index >= 15 is 0 Å². The largest absolute Gasteiger partial charge is 0.416 e. The fraction of sp³-hybridized carbons (Fsp3) is 0.480. The van der Waals surface area contributed by atoms with Crippen molar-refractivity contribution in [2.75, 3.05) is 20.4 Å². The summed E-state index contributed by atoms with van der Waals surface area (Å²) >= 11 is 1.14. The average Bonchev–Trinajstić information content (AvgIpc) is 3.05. The topological polar surface area (TPSA) is 41.6 Å². The number of thioether (sulfide) groups is 1. The molecule has 2 aliphatic heterocycles. The van der Waals surface area contributed by atoms with Gasteiger partial charge in [0.2, 0.25) is 0 Å². The number of likely N-dealkylation sites (N-methyl/N-ethyl adjacent to an activating group) is 1. The third-order valence-electron chi connectivity index (χ3n) is 7.17. The lowest BCUT2D eigenvalue weighted by Crippen LogP contribution is -2.61. The van der Waals surface area contributed by atoms with E-state index in [0.717, 1.165) is 55.1 Å². The first-order valence-electron chi connectivity index (χ1n) is 11.1. The molecule has 2 bridgehead atoms. The quantitative estimate of drug-likeness (QED) is 0.560. The van der Waals surface area contributed by atoms with Gasteiger partial charge < -0.3 is 10.1 Å². The lowest BCUT2D eigenvalue weighted by molar-refractivity contribution is -0.137. The van der Waals surface area contributed by atoms with Crippen LogP contribution in [0.3, 0.4) is 0 Å². The summed E-state index contributed by atoms with van der Waals surface area (Å²) in [6.45, 7) is -0.0794. The zero-order valence-corrected chi connectivity index (χ0v) is 19.9. The summed E-state index contributed by atoms with van der Waals surface area (Å²) in [5.41, 5.74) is 0.148. The number of hydrogen-bond acceptors (Lipinski definition) is 4. The highest BCUT2D eigenvalue weighted by atomic mass is 32.2. The molecule has 3 atom stereocenters. The van der Waals surface area contributed by atoms with Crippen molar-refractivity contribution in [3.63, 3.8) is 0 Å². The SMILES string of the molecule is COCc1cc(C(F)(F)F)cc(SC)c1C(=O)N[C@@]1(c2ccccc2)CC[C@@H]2CC[C@H]1N2C. The van der Waals surface area contributed by atoms with Gasteiger partial charge in [-0.25, -0.2) is 0 Å². The number of nitrogens with zero attached hydrogens (tertiary/aromatic N) is 1. The molecule has 2 heterocycles. The van der Waals surface area contributed by atoms with Gasteiger partial charge in [0, 0.05) is 24.1 Å². The van der Waals surface area contributed by atoms with E-state index < -0.39 is 17.3 Å². The van der Waals surface area contributed by atoms with E-state index in [0.29, 0.717) is 10.9 Å². The van der Waals surface area contributed by atoms with Crippen LogP contribution < -0.4 is 5.32 Å². The van der Waals surface area contributed by atoms with E-state index in [4.69, 9.17) is 4.74 Å². The molecule has 0 spiro atoms. The van der Waals surface area contributed by atoms with Gasteiger partial charge in [-0.15, -0.1) is 11.8 Å². The minimum Gasteiger partial charge on any atom is -0.380 e. The molecule has 2 fully saturated rings. The molecule has 0 radical (unpaired) electrons. The minimum atomic E-state index is -4.50. The number of hydrogen-bond donors (Lipinski definition) is 1. The summed E-state index contributed by atoms with van der Waals surface area (Å²) < 4.78 is 45.7. The predicted octanol–water partition coefficient (Wildman–Crippen LogP) is 5.46. The lowest BCUT2D eigenvalue weighted by atomic mass is 9.76. The van der Waals surface area contributed by atoms with Gasteiger partial charge in [-0.1, -0.05) is 30.3 Å². The molecule has 2 aromatic rings. The van der Waals surface area contributed by atoms with Gasteiger partial charge in [-0.05, 0) is 62.2 Å². The van der Waals surface area contributed by atoms with Crippen molar-refractivity contribution in [1.82, 2.24) is 10.2 Å². The van der Waals surface area contributed by atoms with Crippen molar-refractivity contribution < 1.29 is 22.7 Å². The highest BCUT2D eigenvalue weighted by molar-refractivity contribution is 7.98. The number of piperidine rings is 1. The maximum absolute atomic E-state index is 13.8. The van der Waals surface area contributed by atoms with Gasteiger partial charge in [0.15, 0.2) is 0 Å². The Balaban J connectivity index is 1.80. The van der Waals surface area contributed by atoms with Gasteiger partial charge >= 0.3 is 6.18 Å². The van der Waals surface area contributed by atoms with E-state index in [1.165, 1.54) is 7.11 Å². The smallest absolute Gasteiger partial charge is 0.380 e. The Morgan fingerprint density at radius 2 is 1.94 bits per heavy atom. The normalized spacial score (nSPS) is 25.3. The number of benzene rings is 2. The number of amides is 1. The molecular weight excluding hydrogens is 449 g/mol.